The topological polar surface area (TPSA) is 21.8 Å². The number of ether oxygens (including phenoxy) is 2. The first kappa shape index (κ1) is 15.9. The molecule has 3 atom stereocenters. The molecule has 1 aliphatic heterocycles. The third-order valence-corrected chi connectivity index (χ3v) is 4.19. The Labute approximate surface area is 131 Å². The number of benzene rings is 1. The summed E-state index contributed by atoms with van der Waals surface area (Å²) in [6, 6.07) is 3.71. The molecule has 0 amide bonds. The maximum Gasteiger partial charge on any atom is 0.141 e. The largest absolute Gasteiger partial charge is 0.492 e. The van der Waals surface area contributed by atoms with E-state index in [1.54, 1.807) is 6.07 Å². The summed E-state index contributed by atoms with van der Waals surface area (Å²) in [5.41, 5.74) is 1.08. The highest BCUT2D eigenvalue weighted by Crippen LogP contribution is 2.41. The molecule has 0 aliphatic carbocycles. The van der Waals surface area contributed by atoms with Gasteiger partial charge in [0.05, 0.1) is 23.8 Å². The summed E-state index contributed by atoms with van der Waals surface area (Å²) in [7, 11) is 0. The molecule has 0 spiro atoms. The predicted octanol–water partition coefficient (Wildman–Crippen LogP) is 5.45. The first-order valence-corrected chi connectivity index (χ1v) is 8.09. The van der Waals surface area contributed by atoms with E-state index in [0.29, 0.717) is 34.8 Å². The van der Waals surface area contributed by atoms with Gasteiger partial charge in [-0.25, -0.2) is 0 Å². The Kier molecular flexibility index (Phi) is 5.59. The fraction of sp³-hybridized carbons (Fsp3) is 0.625. The fourth-order valence-electron chi connectivity index (χ4n) is 2.52. The minimum Gasteiger partial charge on any atom is -0.492 e. The lowest BCUT2D eigenvalue weighted by Crippen LogP contribution is -2.06. The van der Waals surface area contributed by atoms with Gasteiger partial charge in [0, 0.05) is 10.6 Å². The maximum absolute atomic E-state index is 6.28. The van der Waals surface area contributed by atoms with Crippen molar-refractivity contribution in [2.75, 3.05) is 6.61 Å². The van der Waals surface area contributed by atoms with Crippen LogP contribution in [0.15, 0.2) is 12.1 Å². The van der Waals surface area contributed by atoms with Gasteiger partial charge in [-0.05, 0) is 37.3 Å². The Morgan fingerprint density at radius 1 is 1.25 bits per heavy atom. The Morgan fingerprint density at radius 3 is 2.60 bits per heavy atom. The van der Waals surface area contributed by atoms with Gasteiger partial charge in [0.15, 0.2) is 0 Å². The molecule has 4 heteroatoms. The van der Waals surface area contributed by atoms with E-state index in [4.69, 9.17) is 32.7 Å². The lowest BCUT2D eigenvalue weighted by atomic mass is 9.94. The van der Waals surface area contributed by atoms with Gasteiger partial charge in [-0.15, -0.1) is 0 Å². The minimum atomic E-state index is 0.319. The highest BCUT2D eigenvalue weighted by molar-refractivity contribution is 6.35. The van der Waals surface area contributed by atoms with Crippen molar-refractivity contribution in [1.29, 1.82) is 0 Å². The summed E-state index contributed by atoms with van der Waals surface area (Å²) >= 11 is 12.4. The maximum atomic E-state index is 6.28. The molecular formula is C16H22Cl2O2. The number of hydrogen-bond acceptors (Lipinski definition) is 2. The van der Waals surface area contributed by atoms with E-state index in [2.05, 4.69) is 20.8 Å². The lowest BCUT2D eigenvalue weighted by Gasteiger charge is -2.18. The molecule has 1 fully saturated rings. The van der Waals surface area contributed by atoms with Crippen molar-refractivity contribution in [3.63, 3.8) is 0 Å². The van der Waals surface area contributed by atoms with Crippen LogP contribution in [0.1, 0.15) is 51.5 Å². The van der Waals surface area contributed by atoms with Gasteiger partial charge in [-0.3, -0.25) is 0 Å². The van der Waals surface area contributed by atoms with E-state index < -0.39 is 0 Å². The molecule has 1 heterocycles. The van der Waals surface area contributed by atoms with Gasteiger partial charge >= 0.3 is 0 Å². The average molecular weight is 317 g/mol. The monoisotopic (exact) mass is 316 g/mol. The molecule has 1 saturated heterocycles. The Hall–Kier alpha value is -0.440. The molecule has 0 aromatic heterocycles. The first-order valence-electron chi connectivity index (χ1n) is 7.34. The number of rotatable bonds is 7. The lowest BCUT2D eigenvalue weighted by molar-refractivity contribution is 0.310. The van der Waals surface area contributed by atoms with Crippen LogP contribution in [-0.2, 0) is 4.74 Å². The van der Waals surface area contributed by atoms with Crippen LogP contribution < -0.4 is 4.74 Å². The third kappa shape index (κ3) is 3.81. The molecule has 1 aromatic carbocycles. The van der Waals surface area contributed by atoms with Gasteiger partial charge in [-0.1, -0.05) is 44.0 Å². The van der Waals surface area contributed by atoms with Crippen molar-refractivity contribution in [2.24, 2.45) is 0 Å². The summed E-state index contributed by atoms with van der Waals surface area (Å²) in [6.07, 6.45) is 3.81. The zero-order chi connectivity index (χ0) is 14.7. The second-order valence-corrected chi connectivity index (χ2v) is 6.26. The van der Waals surface area contributed by atoms with Gasteiger partial charge in [0.1, 0.15) is 5.75 Å². The predicted molar refractivity (Wildman–Crippen MR) is 84.2 cm³/mol. The Bertz CT molecular complexity index is 462. The smallest absolute Gasteiger partial charge is 0.141 e. The van der Waals surface area contributed by atoms with Crippen LogP contribution >= 0.6 is 23.2 Å². The summed E-state index contributed by atoms with van der Waals surface area (Å²) in [5.74, 6) is 1.10. The molecule has 0 radical (unpaired) electrons. The highest BCUT2D eigenvalue weighted by Gasteiger charge is 2.38. The molecule has 20 heavy (non-hydrogen) atoms. The molecule has 3 unspecified atom stereocenters. The highest BCUT2D eigenvalue weighted by atomic mass is 35.5. The van der Waals surface area contributed by atoms with Gasteiger partial charge < -0.3 is 9.47 Å². The van der Waals surface area contributed by atoms with Crippen molar-refractivity contribution in [3.05, 3.63) is 27.7 Å². The quantitative estimate of drug-likeness (QED) is 0.623. The van der Waals surface area contributed by atoms with Gasteiger partial charge in [0.25, 0.3) is 0 Å². The number of halogens is 2. The molecule has 112 valence electrons. The van der Waals surface area contributed by atoms with E-state index in [9.17, 15) is 0 Å². The number of epoxide rings is 1. The van der Waals surface area contributed by atoms with Crippen LogP contribution in [0.25, 0.3) is 0 Å². The molecule has 0 bridgehead atoms. The van der Waals surface area contributed by atoms with E-state index in [0.717, 1.165) is 30.6 Å². The first-order chi connectivity index (χ1) is 9.56. The second kappa shape index (κ2) is 7.02. The molecule has 0 N–H and O–H groups in total. The summed E-state index contributed by atoms with van der Waals surface area (Å²) in [4.78, 5) is 0. The average Bonchev–Trinajstić information content (AvgIpc) is 3.15. The Balaban J connectivity index is 2.15. The van der Waals surface area contributed by atoms with Crippen molar-refractivity contribution < 1.29 is 9.47 Å². The van der Waals surface area contributed by atoms with Crippen LogP contribution in [0.5, 0.6) is 5.75 Å². The van der Waals surface area contributed by atoms with Crippen LogP contribution in [0, 0.1) is 0 Å². The zero-order valence-corrected chi connectivity index (χ0v) is 13.8. The second-order valence-electron chi connectivity index (χ2n) is 5.41. The summed E-state index contributed by atoms with van der Waals surface area (Å²) < 4.78 is 11.4. The van der Waals surface area contributed by atoms with E-state index in [-0.39, 0.29) is 0 Å². The van der Waals surface area contributed by atoms with Crippen molar-refractivity contribution in [1.82, 2.24) is 0 Å². The van der Waals surface area contributed by atoms with Gasteiger partial charge in [-0.2, -0.15) is 0 Å². The van der Waals surface area contributed by atoms with Crippen molar-refractivity contribution in [3.8, 4) is 5.75 Å². The SMILES string of the molecule is CCCOc1c(Cl)cc(Cl)cc1C(C)CC1OC1CC. The standard InChI is InChI=1S/C16H22Cl2O2/c1-4-6-19-16-12(8-11(17)9-13(16)18)10(3)7-15-14(5-2)20-15/h8-10,14-15H,4-7H2,1-3H3. The van der Waals surface area contributed by atoms with Crippen LogP contribution in [0.2, 0.25) is 10.0 Å². The minimum absolute atomic E-state index is 0.319. The van der Waals surface area contributed by atoms with E-state index in [1.807, 2.05) is 6.07 Å². The summed E-state index contributed by atoms with van der Waals surface area (Å²) in [6.45, 7) is 7.08. The van der Waals surface area contributed by atoms with E-state index >= 15 is 0 Å². The van der Waals surface area contributed by atoms with Crippen LogP contribution in [0.3, 0.4) is 0 Å². The Morgan fingerprint density at radius 2 is 2.00 bits per heavy atom. The van der Waals surface area contributed by atoms with Gasteiger partial charge in [0.2, 0.25) is 0 Å². The summed E-state index contributed by atoms with van der Waals surface area (Å²) in [5, 5.41) is 1.25. The zero-order valence-electron chi connectivity index (χ0n) is 12.3. The fourth-order valence-corrected chi connectivity index (χ4v) is 3.09. The number of hydrogen-bond donors (Lipinski definition) is 0. The molecule has 1 aliphatic rings. The molecule has 1 aromatic rings. The molecule has 2 rings (SSSR count). The molecule has 0 saturated carbocycles. The van der Waals surface area contributed by atoms with Crippen molar-refractivity contribution in [2.45, 2.75) is 58.2 Å². The van der Waals surface area contributed by atoms with Crippen LogP contribution in [-0.4, -0.2) is 18.8 Å². The normalized spacial score (nSPS) is 22.6. The molecular weight excluding hydrogens is 295 g/mol. The molecule has 2 nitrogen and oxygen atoms in total. The van der Waals surface area contributed by atoms with E-state index in [1.165, 1.54) is 0 Å². The van der Waals surface area contributed by atoms with Crippen LogP contribution in [0.4, 0.5) is 0 Å². The third-order valence-electron chi connectivity index (χ3n) is 3.69. The van der Waals surface area contributed by atoms with Crippen molar-refractivity contribution >= 4 is 23.2 Å².